The molecular formula is C12H19NOS. The van der Waals surface area contributed by atoms with Crippen LogP contribution in [0.25, 0.3) is 0 Å². The molecule has 1 N–H and O–H groups in total. The summed E-state index contributed by atoms with van der Waals surface area (Å²) in [6.07, 6.45) is 0. The van der Waals surface area contributed by atoms with Crippen LogP contribution in [-0.4, -0.2) is 32.6 Å². The number of thioether (sulfide) groups is 1. The Kier molecular flexibility index (Phi) is 7.34. The molecule has 0 heterocycles. The molecule has 3 heteroatoms. The maximum absolute atomic E-state index is 4.95. The molecule has 0 saturated heterocycles. The van der Waals surface area contributed by atoms with Crippen molar-refractivity contribution in [3.63, 3.8) is 0 Å². The third-order valence-electron chi connectivity index (χ3n) is 2.02. The summed E-state index contributed by atoms with van der Waals surface area (Å²) in [7, 11) is 1.73. The van der Waals surface area contributed by atoms with E-state index in [1.807, 2.05) is 11.8 Å². The molecule has 15 heavy (non-hydrogen) atoms. The zero-order valence-corrected chi connectivity index (χ0v) is 10.1. The second-order valence-corrected chi connectivity index (χ2v) is 4.39. The van der Waals surface area contributed by atoms with E-state index in [4.69, 9.17) is 4.74 Å². The lowest BCUT2D eigenvalue weighted by atomic mass is 10.2. The van der Waals surface area contributed by atoms with Crippen LogP contribution >= 0.6 is 11.8 Å². The lowest BCUT2D eigenvalue weighted by molar-refractivity contribution is 0.200. The molecule has 84 valence electrons. The minimum Gasteiger partial charge on any atom is -0.383 e. The zero-order chi connectivity index (χ0) is 10.8. The van der Waals surface area contributed by atoms with Gasteiger partial charge in [0.2, 0.25) is 0 Å². The first-order valence-corrected chi connectivity index (χ1v) is 6.40. The number of rotatable bonds is 8. The van der Waals surface area contributed by atoms with Crippen LogP contribution in [0, 0.1) is 0 Å². The second-order valence-electron chi connectivity index (χ2n) is 3.28. The van der Waals surface area contributed by atoms with Gasteiger partial charge < -0.3 is 10.1 Å². The second kappa shape index (κ2) is 8.77. The zero-order valence-electron chi connectivity index (χ0n) is 9.24. The molecule has 0 spiro atoms. The fourth-order valence-electron chi connectivity index (χ4n) is 1.21. The summed E-state index contributed by atoms with van der Waals surface area (Å²) >= 11 is 1.96. The molecule has 0 bridgehead atoms. The first-order valence-electron chi connectivity index (χ1n) is 5.25. The van der Waals surface area contributed by atoms with Crippen LogP contribution in [0.3, 0.4) is 0 Å². The maximum atomic E-state index is 4.95. The highest BCUT2D eigenvalue weighted by Gasteiger charge is 1.92. The van der Waals surface area contributed by atoms with Gasteiger partial charge in [-0.05, 0) is 5.56 Å². The summed E-state index contributed by atoms with van der Waals surface area (Å²) in [6.45, 7) is 2.80. The van der Waals surface area contributed by atoms with E-state index in [0.29, 0.717) is 0 Å². The lowest BCUT2D eigenvalue weighted by Gasteiger charge is -2.04. The Bertz CT molecular complexity index is 241. The van der Waals surface area contributed by atoms with Gasteiger partial charge in [0, 0.05) is 31.7 Å². The van der Waals surface area contributed by atoms with Crippen molar-refractivity contribution in [2.75, 3.05) is 32.6 Å². The summed E-state index contributed by atoms with van der Waals surface area (Å²) in [6, 6.07) is 10.6. The molecule has 0 aliphatic carbocycles. The number of hydrogen-bond donors (Lipinski definition) is 1. The molecular weight excluding hydrogens is 206 g/mol. The van der Waals surface area contributed by atoms with Crippen LogP contribution in [0.2, 0.25) is 0 Å². The molecule has 0 unspecified atom stereocenters. The number of ether oxygens (including phenoxy) is 1. The molecule has 0 amide bonds. The smallest absolute Gasteiger partial charge is 0.0587 e. The van der Waals surface area contributed by atoms with Gasteiger partial charge >= 0.3 is 0 Å². The minimum absolute atomic E-state index is 0.795. The van der Waals surface area contributed by atoms with E-state index in [1.54, 1.807) is 7.11 Å². The first kappa shape index (κ1) is 12.6. The van der Waals surface area contributed by atoms with Crippen LogP contribution in [0.15, 0.2) is 30.3 Å². The van der Waals surface area contributed by atoms with E-state index in [-0.39, 0.29) is 0 Å². The summed E-state index contributed by atoms with van der Waals surface area (Å²) in [4.78, 5) is 0. The van der Waals surface area contributed by atoms with Crippen molar-refractivity contribution in [2.24, 2.45) is 0 Å². The monoisotopic (exact) mass is 225 g/mol. The fourth-order valence-corrected chi connectivity index (χ4v) is 2.07. The molecule has 0 radical (unpaired) electrons. The quantitative estimate of drug-likeness (QED) is 0.685. The standard InChI is InChI=1S/C12H19NOS/c1-14-9-7-13-8-10-15-11-12-5-3-2-4-6-12/h2-6,13H,7-11H2,1H3. The van der Waals surface area contributed by atoms with Crippen LogP contribution in [0.1, 0.15) is 5.56 Å². The van der Waals surface area contributed by atoms with E-state index in [2.05, 4.69) is 35.6 Å². The van der Waals surface area contributed by atoms with E-state index in [9.17, 15) is 0 Å². The van der Waals surface area contributed by atoms with Crippen molar-refractivity contribution >= 4 is 11.8 Å². The largest absolute Gasteiger partial charge is 0.383 e. The highest BCUT2D eigenvalue weighted by molar-refractivity contribution is 7.98. The van der Waals surface area contributed by atoms with Crippen LogP contribution in [0.5, 0.6) is 0 Å². The van der Waals surface area contributed by atoms with Crippen LogP contribution in [-0.2, 0) is 10.5 Å². The van der Waals surface area contributed by atoms with Gasteiger partial charge in [0.25, 0.3) is 0 Å². The third-order valence-corrected chi connectivity index (χ3v) is 3.05. The Morgan fingerprint density at radius 1 is 1.20 bits per heavy atom. The molecule has 0 saturated carbocycles. The Morgan fingerprint density at radius 3 is 2.73 bits per heavy atom. The third kappa shape index (κ3) is 6.55. The van der Waals surface area contributed by atoms with Crippen molar-refractivity contribution in [3.8, 4) is 0 Å². The Labute approximate surface area is 96.4 Å². The minimum atomic E-state index is 0.795. The molecule has 0 fully saturated rings. The van der Waals surface area contributed by atoms with Crippen molar-refractivity contribution in [3.05, 3.63) is 35.9 Å². The Morgan fingerprint density at radius 2 is 2.00 bits per heavy atom. The average molecular weight is 225 g/mol. The van der Waals surface area contributed by atoms with Gasteiger partial charge in [-0.2, -0.15) is 11.8 Å². The number of nitrogens with one attached hydrogen (secondary N) is 1. The van der Waals surface area contributed by atoms with Gasteiger partial charge in [-0.25, -0.2) is 0 Å². The topological polar surface area (TPSA) is 21.3 Å². The Hall–Kier alpha value is -0.510. The fraction of sp³-hybridized carbons (Fsp3) is 0.500. The molecule has 1 aromatic carbocycles. The van der Waals surface area contributed by atoms with Crippen molar-refractivity contribution in [2.45, 2.75) is 5.75 Å². The summed E-state index contributed by atoms with van der Waals surface area (Å²) in [5.74, 6) is 2.26. The number of methoxy groups -OCH3 is 1. The maximum Gasteiger partial charge on any atom is 0.0587 e. The lowest BCUT2D eigenvalue weighted by Crippen LogP contribution is -2.21. The number of hydrogen-bond acceptors (Lipinski definition) is 3. The van der Waals surface area contributed by atoms with Crippen molar-refractivity contribution in [1.29, 1.82) is 0 Å². The van der Waals surface area contributed by atoms with Crippen molar-refractivity contribution in [1.82, 2.24) is 5.32 Å². The molecule has 1 rings (SSSR count). The predicted molar refractivity (Wildman–Crippen MR) is 67.3 cm³/mol. The van der Waals surface area contributed by atoms with E-state index < -0.39 is 0 Å². The van der Waals surface area contributed by atoms with Crippen molar-refractivity contribution < 1.29 is 4.74 Å². The Balaban J connectivity index is 1.93. The molecule has 0 aliphatic heterocycles. The summed E-state index contributed by atoms with van der Waals surface area (Å²) < 4.78 is 4.95. The van der Waals surface area contributed by atoms with E-state index in [1.165, 1.54) is 5.56 Å². The highest BCUT2D eigenvalue weighted by atomic mass is 32.2. The molecule has 1 aromatic rings. The summed E-state index contributed by atoms with van der Waals surface area (Å²) in [5.41, 5.74) is 1.40. The van der Waals surface area contributed by atoms with Gasteiger partial charge in [-0.1, -0.05) is 30.3 Å². The van der Waals surface area contributed by atoms with Crippen LogP contribution < -0.4 is 5.32 Å². The molecule has 0 aromatic heterocycles. The highest BCUT2D eigenvalue weighted by Crippen LogP contribution is 2.10. The average Bonchev–Trinajstić information content (AvgIpc) is 2.29. The van der Waals surface area contributed by atoms with Gasteiger partial charge in [0.05, 0.1) is 6.61 Å². The van der Waals surface area contributed by atoms with Gasteiger partial charge in [-0.15, -0.1) is 0 Å². The molecule has 2 nitrogen and oxygen atoms in total. The van der Waals surface area contributed by atoms with Gasteiger partial charge in [0.15, 0.2) is 0 Å². The SMILES string of the molecule is COCCNCCSCc1ccccc1. The normalized spacial score (nSPS) is 10.5. The van der Waals surface area contributed by atoms with E-state index in [0.717, 1.165) is 31.2 Å². The summed E-state index contributed by atoms with van der Waals surface area (Å²) in [5, 5.41) is 3.33. The van der Waals surface area contributed by atoms with Crippen LogP contribution in [0.4, 0.5) is 0 Å². The number of benzene rings is 1. The molecule has 0 atom stereocenters. The van der Waals surface area contributed by atoms with Gasteiger partial charge in [0.1, 0.15) is 0 Å². The first-order chi connectivity index (χ1) is 7.43. The van der Waals surface area contributed by atoms with Gasteiger partial charge in [-0.3, -0.25) is 0 Å². The van der Waals surface area contributed by atoms with E-state index >= 15 is 0 Å². The molecule has 0 aliphatic rings. The predicted octanol–water partition coefficient (Wildman–Crippen LogP) is 2.16.